The number of carbonyl (C=O) groups is 1. The van der Waals surface area contributed by atoms with Gasteiger partial charge in [-0.05, 0) is 58.8 Å². The molecule has 0 saturated carbocycles. The van der Waals surface area contributed by atoms with E-state index in [4.69, 9.17) is 9.47 Å². The third-order valence-corrected chi connectivity index (χ3v) is 3.89. The fraction of sp³-hybridized carbons (Fsp3) is 0.167. The molecule has 0 aliphatic carbocycles. The van der Waals surface area contributed by atoms with E-state index in [1.54, 1.807) is 26.4 Å². The summed E-state index contributed by atoms with van der Waals surface area (Å²) in [5, 5.41) is 2.83. The van der Waals surface area contributed by atoms with Gasteiger partial charge in [0.1, 0.15) is 11.5 Å². The van der Waals surface area contributed by atoms with Crippen LogP contribution in [-0.2, 0) is 4.79 Å². The van der Waals surface area contributed by atoms with Crippen molar-refractivity contribution < 1.29 is 14.3 Å². The maximum Gasteiger partial charge on any atom is 0.248 e. The molecule has 2 aromatic rings. The van der Waals surface area contributed by atoms with Crippen LogP contribution in [0.1, 0.15) is 11.1 Å². The summed E-state index contributed by atoms with van der Waals surface area (Å²) in [7, 11) is 3.17. The standard InChI is InChI=1S/C18H18BrNO3/c1-12-4-8-16(15(19)10-12)20-18(21)9-6-13-5-7-14(22-2)11-17(13)23-3/h4-11H,1-3H3,(H,20,21). The van der Waals surface area contributed by atoms with E-state index in [-0.39, 0.29) is 5.91 Å². The van der Waals surface area contributed by atoms with Crippen molar-refractivity contribution in [1.29, 1.82) is 0 Å². The van der Waals surface area contributed by atoms with Crippen LogP contribution < -0.4 is 14.8 Å². The summed E-state index contributed by atoms with van der Waals surface area (Å²) in [4.78, 5) is 12.1. The van der Waals surface area contributed by atoms with E-state index < -0.39 is 0 Å². The van der Waals surface area contributed by atoms with Crippen molar-refractivity contribution in [3.05, 3.63) is 58.1 Å². The zero-order valence-corrected chi connectivity index (χ0v) is 14.8. The first-order chi connectivity index (χ1) is 11.0. The smallest absolute Gasteiger partial charge is 0.248 e. The predicted molar refractivity (Wildman–Crippen MR) is 96.1 cm³/mol. The summed E-state index contributed by atoms with van der Waals surface area (Å²) < 4.78 is 11.3. The van der Waals surface area contributed by atoms with Crippen LogP contribution in [0.3, 0.4) is 0 Å². The Morgan fingerprint density at radius 3 is 2.57 bits per heavy atom. The van der Waals surface area contributed by atoms with Crippen LogP contribution in [0.4, 0.5) is 5.69 Å². The molecule has 120 valence electrons. The van der Waals surface area contributed by atoms with Gasteiger partial charge in [0.2, 0.25) is 5.91 Å². The highest BCUT2D eigenvalue weighted by atomic mass is 79.9. The molecule has 0 bridgehead atoms. The molecule has 1 N–H and O–H groups in total. The number of carbonyl (C=O) groups excluding carboxylic acids is 1. The van der Waals surface area contributed by atoms with E-state index >= 15 is 0 Å². The van der Waals surface area contributed by atoms with Gasteiger partial charge in [0.15, 0.2) is 0 Å². The molecule has 0 aliphatic heterocycles. The molecule has 4 nitrogen and oxygen atoms in total. The third kappa shape index (κ3) is 4.60. The van der Waals surface area contributed by atoms with E-state index in [9.17, 15) is 4.79 Å². The van der Waals surface area contributed by atoms with Crippen molar-refractivity contribution >= 4 is 33.6 Å². The Bertz CT molecular complexity index is 741. The normalized spacial score (nSPS) is 10.6. The van der Waals surface area contributed by atoms with Crippen LogP contribution in [0.25, 0.3) is 6.08 Å². The highest BCUT2D eigenvalue weighted by Gasteiger charge is 2.05. The van der Waals surface area contributed by atoms with Crippen LogP contribution in [0.15, 0.2) is 46.9 Å². The topological polar surface area (TPSA) is 47.6 Å². The number of halogens is 1. The van der Waals surface area contributed by atoms with E-state index in [2.05, 4.69) is 21.2 Å². The van der Waals surface area contributed by atoms with E-state index in [1.165, 1.54) is 6.08 Å². The minimum atomic E-state index is -0.215. The van der Waals surface area contributed by atoms with Crippen LogP contribution in [-0.4, -0.2) is 20.1 Å². The van der Waals surface area contributed by atoms with Gasteiger partial charge in [-0.3, -0.25) is 4.79 Å². The number of methoxy groups -OCH3 is 2. The van der Waals surface area contributed by atoms with Gasteiger partial charge in [-0.2, -0.15) is 0 Å². The van der Waals surface area contributed by atoms with Crippen molar-refractivity contribution in [1.82, 2.24) is 0 Å². The number of amides is 1. The highest BCUT2D eigenvalue weighted by molar-refractivity contribution is 9.10. The second-order valence-electron chi connectivity index (χ2n) is 4.91. The molecule has 2 rings (SSSR count). The number of anilines is 1. The van der Waals surface area contributed by atoms with E-state index in [0.29, 0.717) is 11.5 Å². The molecule has 0 aliphatic rings. The minimum absolute atomic E-state index is 0.215. The Labute approximate surface area is 144 Å². The summed E-state index contributed by atoms with van der Waals surface area (Å²) in [6.45, 7) is 1.99. The largest absolute Gasteiger partial charge is 0.497 e. The number of hydrogen-bond acceptors (Lipinski definition) is 3. The first-order valence-electron chi connectivity index (χ1n) is 7.00. The second-order valence-corrected chi connectivity index (χ2v) is 5.77. The molecule has 1 amide bonds. The Morgan fingerprint density at radius 1 is 1.13 bits per heavy atom. The van der Waals surface area contributed by atoms with Gasteiger partial charge in [0.25, 0.3) is 0 Å². The van der Waals surface area contributed by atoms with Gasteiger partial charge in [0, 0.05) is 22.2 Å². The van der Waals surface area contributed by atoms with Crippen molar-refractivity contribution in [2.45, 2.75) is 6.92 Å². The second kappa shape index (κ2) is 7.83. The molecule has 0 heterocycles. The van der Waals surface area contributed by atoms with Crippen molar-refractivity contribution in [3.8, 4) is 11.5 Å². The van der Waals surface area contributed by atoms with Gasteiger partial charge >= 0.3 is 0 Å². The quantitative estimate of drug-likeness (QED) is 0.786. The Kier molecular flexibility index (Phi) is 5.82. The SMILES string of the molecule is COc1ccc(C=CC(=O)Nc2ccc(C)cc2Br)c(OC)c1. The maximum atomic E-state index is 12.1. The van der Waals surface area contributed by atoms with Crippen molar-refractivity contribution in [2.24, 2.45) is 0 Å². The zero-order chi connectivity index (χ0) is 16.8. The molecule has 0 atom stereocenters. The molecule has 2 aromatic carbocycles. The minimum Gasteiger partial charge on any atom is -0.497 e. The molecular weight excluding hydrogens is 358 g/mol. The van der Waals surface area contributed by atoms with Gasteiger partial charge in [0.05, 0.1) is 19.9 Å². The maximum absolute atomic E-state index is 12.1. The molecule has 0 unspecified atom stereocenters. The Morgan fingerprint density at radius 2 is 1.91 bits per heavy atom. The molecule has 0 fully saturated rings. The van der Waals surface area contributed by atoms with Crippen LogP contribution in [0.2, 0.25) is 0 Å². The fourth-order valence-electron chi connectivity index (χ4n) is 2.02. The first kappa shape index (κ1) is 17.1. The first-order valence-corrected chi connectivity index (χ1v) is 7.80. The number of nitrogens with one attached hydrogen (secondary N) is 1. The van der Waals surface area contributed by atoms with E-state index in [0.717, 1.165) is 21.3 Å². The van der Waals surface area contributed by atoms with Crippen LogP contribution in [0.5, 0.6) is 11.5 Å². The van der Waals surface area contributed by atoms with Gasteiger partial charge in [-0.15, -0.1) is 0 Å². The monoisotopic (exact) mass is 375 g/mol. The lowest BCUT2D eigenvalue weighted by Crippen LogP contribution is -2.08. The molecule has 0 aromatic heterocycles. The number of hydrogen-bond donors (Lipinski definition) is 1. The van der Waals surface area contributed by atoms with Gasteiger partial charge < -0.3 is 14.8 Å². The summed E-state index contributed by atoms with van der Waals surface area (Å²) in [5.41, 5.74) is 2.65. The Hall–Kier alpha value is -2.27. The molecule has 23 heavy (non-hydrogen) atoms. The number of benzene rings is 2. The number of rotatable bonds is 5. The van der Waals surface area contributed by atoms with Crippen molar-refractivity contribution in [3.63, 3.8) is 0 Å². The molecular formula is C18H18BrNO3. The van der Waals surface area contributed by atoms with Gasteiger partial charge in [-0.25, -0.2) is 0 Å². The Balaban J connectivity index is 2.12. The lowest BCUT2D eigenvalue weighted by atomic mass is 10.1. The lowest BCUT2D eigenvalue weighted by molar-refractivity contribution is -0.111. The molecule has 0 spiro atoms. The number of ether oxygens (including phenoxy) is 2. The highest BCUT2D eigenvalue weighted by Crippen LogP contribution is 2.26. The third-order valence-electron chi connectivity index (χ3n) is 3.24. The fourth-order valence-corrected chi connectivity index (χ4v) is 2.61. The number of aryl methyl sites for hydroxylation is 1. The van der Waals surface area contributed by atoms with Crippen LogP contribution >= 0.6 is 15.9 Å². The molecule has 5 heteroatoms. The molecule has 0 saturated heterocycles. The summed E-state index contributed by atoms with van der Waals surface area (Å²) in [6.07, 6.45) is 3.17. The average Bonchev–Trinajstić information content (AvgIpc) is 2.55. The van der Waals surface area contributed by atoms with Crippen molar-refractivity contribution in [2.75, 3.05) is 19.5 Å². The predicted octanol–water partition coefficient (Wildman–Crippen LogP) is 4.43. The average molecular weight is 376 g/mol. The summed E-state index contributed by atoms with van der Waals surface area (Å²) in [6, 6.07) is 11.2. The van der Waals surface area contributed by atoms with Crippen LogP contribution in [0, 0.1) is 6.92 Å². The van der Waals surface area contributed by atoms with E-state index in [1.807, 2.05) is 37.3 Å². The molecule has 0 radical (unpaired) electrons. The summed E-state index contributed by atoms with van der Waals surface area (Å²) in [5.74, 6) is 1.13. The van der Waals surface area contributed by atoms with Gasteiger partial charge in [-0.1, -0.05) is 6.07 Å². The lowest BCUT2D eigenvalue weighted by Gasteiger charge is -2.08. The zero-order valence-electron chi connectivity index (χ0n) is 13.2. The summed E-state index contributed by atoms with van der Waals surface area (Å²) >= 11 is 3.44.